The zero-order valence-corrected chi connectivity index (χ0v) is 6.43. The van der Waals surface area contributed by atoms with Crippen molar-refractivity contribution >= 4 is 0 Å². The number of hydrogen-bond acceptors (Lipinski definition) is 1. The Kier molecular flexibility index (Phi) is 4.41. The normalized spacial score (nSPS) is 13.8. The lowest BCUT2D eigenvalue weighted by Crippen LogP contribution is -2.30. The molecule has 0 aromatic heterocycles. The van der Waals surface area contributed by atoms with Crippen LogP contribution in [0, 0.1) is 6.92 Å². The molecule has 0 rings (SSSR count). The standard InChI is InChI=1S/C8H16N/c1-5-8(4)9(6-2)7-3/h5,8H,1,4,6-7H2,2-3H3. The van der Waals surface area contributed by atoms with Crippen molar-refractivity contribution in [3.8, 4) is 0 Å². The average Bonchev–Trinajstić information content (AvgIpc) is 1.90. The van der Waals surface area contributed by atoms with E-state index in [9.17, 15) is 0 Å². The molecule has 53 valence electrons. The zero-order chi connectivity index (χ0) is 7.28. The van der Waals surface area contributed by atoms with Gasteiger partial charge in [-0.05, 0) is 20.0 Å². The number of hydrogen-bond donors (Lipinski definition) is 0. The lowest BCUT2D eigenvalue weighted by molar-refractivity contribution is 0.287. The van der Waals surface area contributed by atoms with Gasteiger partial charge >= 0.3 is 0 Å². The maximum atomic E-state index is 3.91. The molecule has 9 heavy (non-hydrogen) atoms. The van der Waals surface area contributed by atoms with E-state index in [2.05, 4.69) is 32.3 Å². The van der Waals surface area contributed by atoms with E-state index < -0.39 is 0 Å². The second-order valence-electron chi connectivity index (χ2n) is 2.02. The van der Waals surface area contributed by atoms with Crippen molar-refractivity contribution in [3.05, 3.63) is 19.6 Å². The molecule has 0 aliphatic rings. The second kappa shape index (κ2) is 4.57. The van der Waals surface area contributed by atoms with Crippen LogP contribution < -0.4 is 0 Å². The van der Waals surface area contributed by atoms with Gasteiger partial charge in [0.05, 0.1) is 0 Å². The first-order valence-corrected chi connectivity index (χ1v) is 3.45. The Morgan fingerprint density at radius 1 is 1.44 bits per heavy atom. The molecule has 1 nitrogen and oxygen atoms in total. The molecule has 0 aliphatic carbocycles. The first-order chi connectivity index (χ1) is 4.26. The van der Waals surface area contributed by atoms with Gasteiger partial charge in [0.2, 0.25) is 0 Å². The zero-order valence-electron chi connectivity index (χ0n) is 6.43. The fourth-order valence-electron chi connectivity index (χ4n) is 0.842. The molecular formula is C8H16N. The van der Waals surface area contributed by atoms with Gasteiger partial charge in [0.25, 0.3) is 0 Å². The molecule has 0 spiro atoms. The number of nitrogens with zero attached hydrogens (tertiary/aromatic N) is 1. The van der Waals surface area contributed by atoms with E-state index in [0.29, 0.717) is 0 Å². The fraction of sp³-hybridized carbons (Fsp3) is 0.625. The van der Waals surface area contributed by atoms with E-state index in [-0.39, 0.29) is 6.04 Å². The molecule has 0 N–H and O–H groups in total. The van der Waals surface area contributed by atoms with Crippen molar-refractivity contribution in [1.82, 2.24) is 4.90 Å². The molecule has 0 saturated carbocycles. The molecule has 0 fully saturated rings. The van der Waals surface area contributed by atoms with Crippen molar-refractivity contribution in [3.63, 3.8) is 0 Å². The minimum atomic E-state index is 0.278. The molecule has 0 heterocycles. The Balaban J connectivity index is 3.63. The van der Waals surface area contributed by atoms with Crippen LogP contribution in [0.1, 0.15) is 13.8 Å². The summed E-state index contributed by atoms with van der Waals surface area (Å²) < 4.78 is 0. The van der Waals surface area contributed by atoms with Crippen LogP contribution in [0.4, 0.5) is 0 Å². The Labute approximate surface area is 58.4 Å². The predicted octanol–water partition coefficient (Wildman–Crippen LogP) is 1.72. The third kappa shape index (κ3) is 2.66. The number of rotatable bonds is 4. The number of likely N-dealkylation sites (N-methyl/N-ethyl adjacent to an activating group) is 1. The third-order valence-electron chi connectivity index (χ3n) is 1.55. The molecule has 0 aromatic carbocycles. The topological polar surface area (TPSA) is 3.24 Å². The largest absolute Gasteiger partial charge is 0.297 e. The lowest BCUT2D eigenvalue weighted by atomic mass is 10.3. The molecule has 0 aliphatic heterocycles. The summed E-state index contributed by atoms with van der Waals surface area (Å²) in [6.45, 7) is 13.9. The molecule has 1 radical (unpaired) electrons. The summed E-state index contributed by atoms with van der Waals surface area (Å²) in [5.41, 5.74) is 0. The summed E-state index contributed by atoms with van der Waals surface area (Å²) in [5, 5.41) is 0. The highest BCUT2D eigenvalue weighted by Crippen LogP contribution is 1.96. The Bertz CT molecular complexity index is 74.6. The molecule has 0 aromatic rings. The molecule has 1 atom stereocenters. The van der Waals surface area contributed by atoms with Gasteiger partial charge in [-0.25, -0.2) is 0 Å². The van der Waals surface area contributed by atoms with Crippen molar-refractivity contribution < 1.29 is 0 Å². The maximum absolute atomic E-state index is 3.91. The highest BCUT2D eigenvalue weighted by molar-refractivity contribution is 4.88. The predicted molar refractivity (Wildman–Crippen MR) is 42.3 cm³/mol. The van der Waals surface area contributed by atoms with Gasteiger partial charge in [0, 0.05) is 6.04 Å². The Morgan fingerprint density at radius 2 is 1.89 bits per heavy atom. The van der Waals surface area contributed by atoms with Crippen LogP contribution in [0.5, 0.6) is 0 Å². The quantitative estimate of drug-likeness (QED) is 0.518. The van der Waals surface area contributed by atoms with Gasteiger partial charge in [-0.1, -0.05) is 19.9 Å². The van der Waals surface area contributed by atoms with Crippen molar-refractivity contribution in [1.29, 1.82) is 0 Å². The Morgan fingerprint density at radius 3 is 2.00 bits per heavy atom. The second-order valence-corrected chi connectivity index (χ2v) is 2.02. The van der Waals surface area contributed by atoms with E-state index in [1.165, 1.54) is 0 Å². The monoisotopic (exact) mass is 126 g/mol. The molecular weight excluding hydrogens is 110 g/mol. The summed E-state index contributed by atoms with van der Waals surface area (Å²) >= 11 is 0. The fourth-order valence-corrected chi connectivity index (χ4v) is 0.842. The van der Waals surface area contributed by atoms with Crippen molar-refractivity contribution in [2.24, 2.45) is 0 Å². The van der Waals surface area contributed by atoms with E-state index >= 15 is 0 Å². The van der Waals surface area contributed by atoms with Crippen LogP contribution >= 0.6 is 0 Å². The highest BCUT2D eigenvalue weighted by Gasteiger charge is 2.03. The van der Waals surface area contributed by atoms with Crippen molar-refractivity contribution in [2.45, 2.75) is 19.9 Å². The lowest BCUT2D eigenvalue weighted by Gasteiger charge is -2.22. The molecule has 0 amide bonds. The molecule has 1 heteroatoms. The average molecular weight is 126 g/mol. The summed E-state index contributed by atoms with van der Waals surface area (Å²) in [4.78, 5) is 2.24. The van der Waals surface area contributed by atoms with E-state index in [1.807, 2.05) is 6.08 Å². The van der Waals surface area contributed by atoms with Crippen LogP contribution in [-0.4, -0.2) is 24.0 Å². The summed E-state index contributed by atoms with van der Waals surface area (Å²) in [7, 11) is 0. The first-order valence-electron chi connectivity index (χ1n) is 3.45. The summed E-state index contributed by atoms with van der Waals surface area (Å²) in [6, 6.07) is 0.278. The van der Waals surface area contributed by atoms with E-state index in [1.54, 1.807) is 0 Å². The van der Waals surface area contributed by atoms with Gasteiger partial charge in [-0.15, -0.1) is 6.58 Å². The smallest absolute Gasteiger partial charge is 0.0276 e. The molecule has 0 saturated heterocycles. The van der Waals surface area contributed by atoms with Gasteiger partial charge < -0.3 is 0 Å². The van der Waals surface area contributed by atoms with Crippen LogP contribution in [0.2, 0.25) is 0 Å². The van der Waals surface area contributed by atoms with Gasteiger partial charge in [-0.2, -0.15) is 0 Å². The molecule has 1 unspecified atom stereocenters. The van der Waals surface area contributed by atoms with E-state index in [4.69, 9.17) is 0 Å². The van der Waals surface area contributed by atoms with Crippen LogP contribution in [0.3, 0.4) is 0 Å². The Hall–Kier alpha value is -0.300. The first kappa shape index (κ1) is 8.70. The summed E-state index contributed by atoms with van der Waals surface area (Å²) in [5.74, 6) is 0. The van der Waals surface area contributed by atoms with Gasteiger partial charge in [-0.3, -0.25) is 4.90 Å². The SMILES string of the molecule is [CH2]C(C=C)N(CC)CC. The highest BCUT2D eigenvalue weighted by atomic mass is 15.1. The van der Waals surface area contributed by atoms with Crippen LogP contribution in [0.25, 0.3) is 0 Å². The van der Waals surface area contributed by atoms with E-state index in [0.717, 1.165) is 13.1 Å². The van der Waals surface area contributed by atoms with Crippen LogP contribution in [0.15, 0.2) is 12.7 Å². The summed E-state index contributed by atoms with van der Waals surface area (Å²) in [6.07, 6.45) is 1.87. The van der Waals surface area contributed by atoms with Gasteiger partial charge in [0.1, 0.15) is 0 Å². The molecule has 0 bridgehead atoms. The maximum Gasteiger partial charge on any atom is 0.0276 e. The minimum Gasteiger partial charge on any atom is -0.297 e. The minimum absolute atomic E-state index is 0.278. The van der Waals surface area contributed by atoms with Gasteiger partial charge in [0.15, 0.2) is 0 Å². The van der Waals surface area contributed by atoms with Crippen LogP contribution in [-0.2, 0) is 0 Å². The van der Waals surface area contributed by atoms with Crippen molar-refractivity contribution in [2.75, 3.05) is 13.1 Å². The third-order valence-corrected chi connectivity index (χ3v) is 1.55.